The van der Waals surface area contributed by atoms with Crippen LogP contribution in [0, 0.1) is 0 Å². The van der Waals surface area contributed by atoms with E-state index in [1.165, 1.54) is 0 Å². The molecule has 0 aromatic carbocycles. The van der Waals surface area contributed by atoms with Crippen molar-refractivity contribution in [2.45, 2.75) is 39.8 Å². The molecule has 0 aliphatic carbocycles. The number of ether oxygens (including phenoxy) is 1. The second-order valence-electron chi connectivity index (χ2n) is 3.59. The summed E-state index contributed by atoms with van der Waals surface area (Å²) in [4.78, 5) is 11.3. The average Bonchev–Trinajstić information content (AvgIpc) is 1.98. The number of nitrogens with one attached hydrogen (secondary N) is 1. The van der Waals surface area contributed by atoms with Crippen LogP contribution >= 0.6 is 0 Å². The normalized spacial score (nSPS) is 10.6. The van der Waals surface area contributed by atoms with Crippen LogP contribution in [0.4, 0.5) is 0 Å². The Morgan fingerprint density at radius 1 is 1.38 bits per heavy atom. The lowest BCUT2D eigenvalue weighted by Gasteiger charge is -2.12. The molecule has 0 aliphatic rings. The summed E-state index contributed by atoms with van der Waals surface area (Å²) in [6.07, 6.45) is 0.128. The van der Waals surface area contributed by atoms with Crippen molar-refractivity contribution < 1.29 is 9.53 Å². The zero-order valence-corrected chi connectivity index (χ0v) is 8.89. The van der Waals surface area contributed by atoms with Crippen molar-refractivity contribution in [2.24, 2.45) is 0 Å². The number of rotatable bonds is 5. The van der Waals surface area contributed by atoms with Gasteiger partial charge in [0.15, 0.2) is 0 Å². The van der Waals surface area contributed by atoms with Crippen molar-refractivity contribution >= 4 is 5.91 Å². The molecule has 0 atom stereocenters. The van der Waals surface area contributed by atoms with Gasteiger partial charge in [0.2, 0.25) is 5.91 Å². The van der Waals surface area contributed by atoms with Crippen molar-refractivity contribution in [3.05, 3.63) is 12.2 Å². The van der Waals surface area contributed by atoms with Gasteiger partial charge >= 0.3 is 0 Å². The minimum absolute atomic E-state index is 0.128. The van der Waals surface area contributed by atoms with Crippen LogP contribution in [0.25, 0.3) is 0 Å². The highest BCUT2D eigenvalue weighted by molar-refractivity contribution is 5.93. The van der Waals surface area contributed by atoms with E-state index in [4.69, 9.17) is 4.74 Å². The molecular weight excluding hydrogens is 166 g/mol. The molecule has 3 heteroatoms. The second-order valence-corrected chi connectivity index (χ2v) is 3.59. The Hall–Kier alpha value is -0.830. The molecule has 0 saturated carbocycles. The van der Waals surface area contributed by atoms with Crippen LogP contribution in [0.1, 0.15) is 27.7 Å². The molecule has 0 aliphatic heterocycles. The Bertz CT molecular complexity index is 185. The number of amides is 1. The highest BCUT2D eigenvalue weighted by Crippen LogP contribution is 1.96. The van der Waals surface area contributed by atoms with Crippen LogP contribution in [-0.4, -0.2) is 24.7 Å². The summed E-state index contributed by atoms with van der Waals surface area (Å²) in [6.45, 7) is 11.6. The minimum atomic E-state index is -0.129. The highest BCUT2D eigenvalue weighted by atomic mass is 16.5. The summed E-state index contributed by atoms with van der Waals surface area (Å²) >= 11 is 0. The van der Waals surface area contributed by atoms with Crippen LogP contribution in [0.2, 0.25) is 0 Å². The standard InChI is InChI=1S/C10H19NO2/c1-7(2)11-10(12)9(5)6-13-8(3)4/h7-8H,5-6H2,1-4H3,(H,11,12). The molecule has 0 bridgehead atoms. The molecule has 3 nitrogen and oxygen atoms in total. The van der Waals surface area contributed by atoms with Crippen molar-refractivity contribution in [3.63, 3.8) is 0 Å². The first-order chi connectivity index (χ1) is 5.93. The zero-order chi connectivity index (χ0) is 10.4. The summed E-state index contributed by atoms with van der Waals surface area (Å²) in [7, 11) is 0. The smallest absolute Gasteiger partial charge is 0.249 e. The topological polar surface area (TPSA) is 38.3 Å². The van der Waals surface area contributed by atoms with Crippen molar-refractivity contribution in [3.8, 4) is 0 Å². The van der Waals surface area contributed by atoms with E-state index in [1.807, 2.05) is 27.7 Å². The molecule has 1 N–H and O–H groups in total. The summed E-state index contributed by atoms with van der Waals surface area (Å²) in [5.74, 6) is -0.129. The summed E-state index contributed by atoms with van der Waals surface area (Å²) < 4.78 is 5.25. The predicted octanol–water partition coefficient (Wildman–Crippen LogP) is 1.49. The fraction of sp³-hybridized carbons (Fsp3) is 0.700. The van der Waals surface area contributed by atoms with Crippen LogP contribution in [0.5, 0.6) is 0 Å². The van der Waals surface area contributed by atoms with Gasteiger partial charge in [0, 0.05) is 11.6 Å². The van der Waals surface area contributed by atoms with Crippen molar-refractivity contribution in [1.29, 1.82) is 0 Å². The maximum Gasteiger partial charge on any atom is 0.249 e. The number of carbonyl (C=O) groups is 1. The molecule has 0 unspecified atom stereocenters. The first-order valence-corrected chi connectivity index (χ1v) is 4.53. The van der Waals surface area contributed by atoms with Crippen LogP contribution in [-0.2, 0) is 9.53 Å². The first-order valence-electron chi connectivity index (χ1n) is 4.53. The second kappa shape index (κ2) is 5.75. The van der Waals surface area contributed by atoms with Crippen LogP contribution in [0.3, 0.4) is 0 Å². The third kappa shape index (κ3) is 6.34. The van der Waals surface area contributed by atoms with E-state index in [1.54, 1.807) is 0 Å². The lowest BCUT2D eigenvalue weighted by atomic mass is 10.2. The molecule has 1 amide bonds. The van der Waals surface area contributed by atoms with E-state index < -0.39 is 0 Å². The fourth-order valence-corrected chi connectivity index (χ4v) is 0.697. The molecule has 76 valence electrons. The molecule has 0 saturated heterocycles. The molecule has 0 heterocycles. The Morgan fingerprint density at radius 2 is 1.92 bits per heavy atom. The van der Waals surface area contributed by atoms with E-state index >= 15 is 0 Å². The number of hydrogen-bond acceptors (Lipinski definition) is 2. The van der Waals surface area contributed by atoms with Gasteiger partial charge in [-0.1, -0.05) is 6.58 Å². The van der Waals surface area contributed by atoms with Gasteiger partial charge < -0.3 is 10.1 Å². The third-order valence-corrected chi connectivity index (χ3v) is 1.33. The fourth-order valence-electron chi connectivity index (χ4n) is 0.697. The Kier molecular flexibility index (Phi) is 5.39. The molecule has 0 radical (unpaired) electrons. The summed E-state index contributed by atoms with van der Waals surface area (Å²) in [5.41, 5.74) is 0.474. The van der Waals surface area contributed by atoms with Gasteiger partial charge in [-0.05, 0) is 27.7 Å². The van der Waals surface area contributed by atoms with Crippen LogP contribution < -0.4 is 5.32 Å². The van der Waals surface area contributed by atoms with Crippen molar-refractivity contribution in [2.75, 3.05) is 6.61 Å². The highest BCUT2D eigenvalue weighted by Gasteiger charge is 2.08. The van der Waals surface area contributed by atoms with Gasteiger partial charge in [-0.15, -0.1) is 0 Å². The minimum Gasteiger partial charge on any atom is -0.374 e. The molecule has 0 rings (SSSR count). The van der Waals surface area contributed by atoms with E-state index in [-0.39, 0.29) is 18.1 Å². The zero-order valence-electron chi connectivity index (χ0n) is 8.89. The van der Waals surface area contributed by atoms with Gasteiger partial charge in [0.1, 0.15) is 0 Å². The number of carbonyl (C=O) groups excluding carboxylic acids is 1. The Balaban J connectivity index is 3.77. The monoisotopic (exact) mass is 185 g/mol. The van der Waals surface area contributed by atoms with Gasteiger partial charge in [-0.2, -0.15) is 0 Å². The molecule has 0 spiro atoms. The molecule has 13 heavy (non-hydrogen) atoms. The van der Waals surface area contributed by atoms with Gasteiger partial charge in [0.05, 0.1) is 12.7 Å². The number of hydrogen-bond donors (Lipinski definition) is 1. The van der Waals surface area contributed by atoms with Gasteiger partial charge in [-0.25, -0.2) is 0 Å². The SMILES string of the molecule is C=C(COC(C)C)C(=O)NC(C)C. The average molecular weight is 185 g/mol. The molecule has 0 fully saturated rings. The molecule has 0 aromatic heterocycles. The first kappa shape index (κ1) is 12.2. The van der Waals surface area contributed by atoms with E-state index in [9.17, 15) is 4.79 Å². The largest absolute Gasteiger partial charge is 0.374 e. The molecule has 0 aromatic rings. The third-order valence-electron chi connectivity index (χ3n) is 1.33. The van der Waals surface area contributed by atoms with Crippen molar-refractivity contribution in [1.82, 2.24) is 5.32 Å². The van der Waals surface area contributed by atoms with E-state index in [0.717, 1.165) is 0 Å². The lowest BCUT2D eigenvalue weighted by Crippen LogP contribution is -2.32. The lowest BCUT2D eigenvalue weighted by molar-refractivity contribution is -0.118. The maximum atomic E-state index is 11.3. The van der Waals surface area contributed by atoms with Gasteiger partial charge in [0.25, 0.3) is 0 Å². The predicted molar refractivity (Wildman–Crippen MR) is 53.5 cm³/mol. The molecular formula is C10H19NO2. The van der Waals surface area contributed by atoms with E-state index in [2.05, 4.69) is 11.9 Å². The van der Waals surface area contributed by atoms with Gasteiger partial charge in [-0.3, -0.25) is 4.79 Å². The van der Waals surface area contributed by atoms with Crippen LogP contribution in [0.15, 0.2) is 12.2 Å². The summed E-state index contributed by atoms with van der Waals surface area (Å²) in [5, 5.41) is 2.75. The maximum absolute atomic E-state index is 11.3. The van der Waals surface area contributed by atoms with E-state index in [0.29, 0.717) is 12.2 Å². The quantitative estimate of drug-likeness (QED) is 0.659. The Labute approximate surface area is 80.2 Å². The summed E-state index contributed by atoms with van der Waals surface area (Å²) in [6, 6.07) is 0.142. The Morgan fingerprint density at radius 3 is 2.31 bits per heavy atom.